The monoisotopic (exact) mass is 437 g/mol. The van der Waals surface area contributed by atoms with Gasteiger partial charge in [0.1, 0.15) is 6.10 Å². The Kier molecular flexibility index (Phi) is 8.42. The normalized spacial score (nSPS) is 12.2. The minimum Gasteiger partial charge on any atom is -0.389 e. The van der Waals surface area contributed by atoms with E-state index in [0.29, 0.717) is 6.54 Å². The predicted molar refractivity (Wildman–Crippen MR) is 134 cm³/mol. The van der Waals surface area contributed by atoms with Crippen molar-refractivity contribution in [2.24, 2.45) is 0 Å². The summed E-state index contributed by atoms with van der Waals surface area (Å²) in [6, 6.07) is 41.2. The van der Waals surface area contributed by atoms with Gasteiger partial charge in [-0.05, 0) is 22.3 Å². The molecule has 0 radical (unpaired) electrons. The highest BCUT2D eigenvalue weighted by Crippen LogP contribution is 2.26. The molecule has 3 heteroatoms. The second-order valence-corrected chi connectivity index (χ2v) is 8.33. The lowest BCUT2D eigenvalue weighted by atomic mass is 10.0. The molecule has 1 N–H and O–H groups in total. The number of aliphatic hydroxyl groups is 1. The van der Waals surface area contributed by atoms with Crippen molar-refractivity contribution in [2.45, 2.75) is 25.3 Å². The van der Waals surface area contributed by atoms with E-state index in [1.165, 1.54) is 11.1 Å². The van der Waals surface area contributed by atoms with Gasteiger partial charge in [-0.15, -0.1) is 0 Å². The van der Waals surface area contributed by atoms with Gasteiger partial charge in [-0.25, -0.2) is 0 Å². The Balaban J connectivity index is 1.43. The molecule has 0 aromatic heterocycles. The molecule has 0 aliphatic rings. The first-order valence-electron chi connectivity index (χ1n) is 11.5. The molecule has 33 heavy (non-hydrogen) atoms. The fourth-order valence-corrected chi connectivity index (χ4v) is 4.07. The van der Waals surface area contributed by atoms with E-state index in [9.17, 15) is 5.11 Å². The van der Waals surface area contributed by atoms with Crippen LogP contribution in [-0.2, 0) is 17.8 Å². The zero-order valence-corrected chi connectivity index (χ0v) is 18.8. The van der Waals surface area contributed by atoms with E-state index in [1.807, 2.05) is 48.5 Å². The Labute approximate surface area is 196 Å². The molecular formula is C30H31NO2. The molecular weight excluding hydrogens is 406 g/mol. The molecule has 0 bridgehead atoms. The molecule has 0 spiro atoms. The molecule has 4 rings (SSSR count). The summed E-state index contributed by atoms with van der Waals surface area (Å²) in [7, 11) is 0. The van der Waals surface area contributed by atoms with Crippen molar-refractivity contribution in [3.8, 4) is 0 Å². The summed E-state index contributed by atoms with van der Waals surface area (Å²) in [6.07, 6.45) is -0.814. The number of hydrogen-bond acceptors (Lipinski definition) is 3. The lowest BCUT2D eigenvalue weighted by Crippen LogP contribution is -2.34. The van der Waals surface area contributed by atoms with Crippen LogP contribution in [0.4, 0.5) is 0 Å². The molecule has 0 saturated carbocycles. The van der Waals surface area contributed by atoms with Gasteiger partial charge < -0.3 is 9.84 Å². The Morgan fingerprint density at radius 3 is 1.39 bits per heavy atom. The van der Waals surface area contributed by atoms with Gasteiger partial charge in [0.2, 0.25) is 0 Å². The second-order valence-electron chi connectivity index (χ2n) is 8.33. The van der Waals surface area contributed by atoms with Crippen molar-refractivity contribution in [3.05, 3.63) is 144 Å². The van der Waals surface area contributed by atoms with E-state index >= 15 is 0 Å². The van der Waals surface area contributed by atoms with Crippen LogP contribution in [0, 0.1) is 0 Å². The van der Waals surface area contributed by atoms with Gasteiger partial charge in [-0.3, -0.25) is 4.90 Å². The molecule has 4 aromatic rings. The van der Waals surface area contributed by atoms with E-state index < -0.39 is 6.10 Å². The molecule has 0 aliphatic heterocycles. The summed E-state index contributed by atoms with van der Waals surface area (Å²) in [5.41, 5.74) is 4.63. The van der Waals surface area contributed by atoms with Crippen LogP contribution in [0.25, 0.3) is 0 Å². The van der Waals surface area contributed by atoms with Gasteiger partial charge in [0.15, 0.2) is 0 Å². The fourth-order valence-electron chi connectivity index (χ4n) is 4.07. The van der Waals surface area contributed by atoms with Crippen molar-refractivity contribution < 1.29 is 9.84 Å². The first-order valence-corrected chi connectivity index (χ1v) is 11.5. The molecule has 4 aromatic carbocycles. The van der Waals surface area contributed by atoms with Crippen LogP contribution in [-0.4, -0.2) is 29.3 Å². The summed E-state index contributed by atoms with van der Waals surface area (Å²) < 4.78 is 6.30. The molecule has 0 heterocycles. The highest BCUT2D eigenvalue weighted by molar-refractivity contribution is 5.30. The van der Waals surface area contributed by atoms with Crippen LogP contribution in [0.2, 0.25) is 0 Å². The van der Waals surface area contributed by atoms with Gasteiger partial charge in [0, 0.05) is 19.6 Å². The van der Waals surface area contributed by atoms with Crippen molar-refractivity contribution in [1.29, 1.82) is 0 Å². The maximum absolute atomic E-state index is 11.0. The van der Waals surface area contributed by atoms with Gasteiger partial charge in [0.25, 0.3) is 0 Å². The van der Waals surface area contributed by atoms with Crippen molar-refractivity contribution in [3.63, 3.8) is 0 Å². The Hall–Kier alpha value is -3.24. The summed E-state index contributed by atoms with van der Waals surface area (Å²) in [5, 5.41) is 11.0. The molecule has 0 aliphatic carbocycles. The number of aliphatic hydroxyl groups excluding tert-OH is 1. The van der Waals surface area contributed by atoms with E-state index in [0.717, 1.165) is 24.2 Å². The predicted octanol–water partition coefficient (Wildman–Crippen LogP) is 5.86. The minimum absolute atomic E-state index is 0.209. The van der Waals surface area contributed by atoms with Crippen molar-refractivity contribution >= 4 is 0 Å². The van der Waals surface area contributed by atoms with Crippen molar-refractivity contribution in [2.75, 3.05) is 13.2 Å². The number of benzene rings is 4. The second kappa shape index (κ2) is 12.1. The summed E-state index contributed by atoms with van der Waals surface area (Å²) in [6.45, 7) is 2.33. The summed E-state index contributed by atoms with van der Waals surface area (Å²) in [5.74, 6) is 0. The Morgan fingerprint density at radius 1 is 0.576 bits per heavy atom. The molecule has 3 nitrogen and oxygen atoms in total. The van der Waals surface area contributed by atoms with Crippen molar-refractivity contribution in [1.82, 2.24) is 4.90 Å². The molecule has 0 fully saturated rings. The minimum atomic E-state index is -0.604. The average molecular weight is 438 g/mol. The lowest BCUT2D eigenvalue weighted by molar-refractivity contribution is -0.0106. The number of nitrogens with zero attached hydrogens (tertiary/aromatic N) is 1. The highest BCUT2D eigenvalue weighted by Gasteiger charge is 2.18. The number of ether oxygens (including phenoxy) is 1. The SMILES string of the molecule is O[C@H](COC(c1ccccc1)c1ccccc1)CN(Cc1ccccc1)Cc1ccccc1. The van der Waals surface area contributed by atoms with Gasteiger partial charge >= 0.3 is 0 Å². The topological polar surface area (TPSA) is 32.7 Å². The maximum atomic E-state index is 11.0. The van der Waals surface area contributed by atoms with Crippen LogP contribution >= 0.6 is 0 Å². The van der Waals surface area contributed by atoms with Gasteiger partial charge in [-0.1, -0.05) is 121 Å². The third kappa shape index (κ3) is 7.13. The number of rotatable bonds is 11. The molecule has 168 valence electrons. The zero-order valence-electron chi connectivity index (χ0n) is 18.8. The van der Waals surface area contributed by atoms with Crippen LogP contribution in [0.3, 0.4) is 0 Å². The van der Waals surface area contributed by atoms with E-state index in [1.54, 1.807) is 0 Å². The Morgan fingerprint density at radius 2 is 0.970 bits per heavy atom. The average Bonchev–Trinajstić information content (AvgIpc) is 2.87. The largest absolute Gasteiger partial charge is 0.389 e. The number of hydrogen-bond donors (Lipinski definition) is 1. The first-order chi connectivity index (χ1) is 16.3. The fraction of sp³-hybridized carbons (Fsp3) is 0.200. The highest BCUT2D eigenvalue weighted by atomic mass is 16.5. The standard InChI is InChI=1S/C30H31NO2/c32-29(24-33-30(27-17-9-3-10-18-27)28-19-11-4-12-20-28)23-31(21-25-13-5-1-6-14-25)22-26-15-7-2-8-16-26/h1-20,29-30,32H,21-24H2/t29-/m0/s1. The van der Waals surface area contributed by atoms with E-state index in [-0.39, 0.29) is 12.7 Å². The third-order valence-corrected chi connectivity index (χ3v) is 5.63. The van der Waals surface area contributed by atoms with Gasteiger partial charge in [0.05, 0.1) is 12.7 Å². The van der Waals surface area contributed by atoms with E-state index in [4.69, 9.17) is 4.74 Å². The molecule has 0 unspecified atom stereocenters. The molecule has 0 saturated heterocycles. The van der Waals surface area contributed by atoms with Gasteiger partial charge in [-0.2, -0.15) is 0 Å². The van der Waals surface area contributed by atoms with Crippen LogP contribution in [0.1, 0.15) is 28.4 Å². The first kappa shape index (κ1) is 22.9. The maximum Gasteiger partial charge on any atom is 0.108 e. The molecule has 0 amide bonds. The van der Waals surface area contributed by atoms with Crippen LogP contribution < -0.4 is 0 Å². The summed E-state index contributed by atoms with van der Waals surface area (Å²) in [4.78, 5) is 2.28. The van der Waals surface area contributed by atoms with Crippen LogP contribution in [0.15, 0.2) is 121 Å². The Bertz CT molecular complexity index is 974. The zero-order chi connectivity index (χ0) is 22.7. The quantitative estimate of drug-likeness (QED) is 0.319. The van der Waals surface area contributed by atoms with Crippen LogP contribution in [0.5, 0.6) is 0 Å². The molecule has 1 atom stereocenters. The smallest absolute Gasteiger partial charge is 0.108 e. The van der Waals surface area contributed by atoms with E-state index in [2.05, 4.69) is 77.7 Å². The lowest BCUT2D eigenvalue weighted by Gasteiger charge is -2.27. The third-order valence-electron chi connectivity index (χ3n) is 5.63. The summed E-state index contributed by atoms with van der Waals surface area (Å²) >= 11 is 0.